The van der Waals surface area contributed by atoms with Gasteiger partial charge in [-0.1, -0.05) is 29.3 Å². The molecule has 0 heterocycles. The Hall–Kier alpha value is -0.330. The van der Waals surface area contributed by atoms with Crippen LogP contribution < -0.4 is 4.72 Å². The van der Waals surface area contributed by atoms with Gasteiger partial charge in [0.05, 0.1) is 10.0 Å². The average Bonchev–Trinajstić information content (AvgIpc) is 2.24. The van der Waals surface area contributed by atoms with Gasteiger partial charge in [0.2, 0.25) is 10.0 Å². The Morgan fingerprint density at radius 1 is 1.29 bits per heavy atom. The molecule has 0 saturated heterocycles. The molecule has 0 spiro atoms. The van der Waals surface area contributed by atoms with Crippen LogP contribution in [-0.2, 0) is 14.8 Å². The fourth-order valence-electron chi connectivity index (χ4n) is 1.23. The minimum Gasteiger partial charge on any atom is -0.385 e. The predicted molar refractivity (Wildman–Crippen MR) is 68.1 cm³/mol. The van der Waals surface area contributed by atoms with Gasteiger partial charge in [-0.25, -0.2) is 13.1 Å². The van der Waals surface area contributed by atoms with Crippen LogP contribution >= 0.6 is 23.2 Å². The van der Waals surface area contributed by atoms with Gasteiger partial charge in [-0.3, -0.25) is 0 Å². The number of methoxy groups -OCH3 is 1. The van der Waals surface area contributed by atoms with Crippen LogP contribution in [-0.4, -0.2) is 28.7 Å². The van der Waals surface area contributed by atoms with Gasteiger partial charge in [-0.2, -0.15) is 0 Å². The maximum Gasteiger partial charge on any atom is 0.243 e. The van der Waals surface area contributed by atoms with E-state index in [9.17, 15) is 8.42 Å². The first kappa shape index (κ1) is 14.7. The lowest BCUT2D eigenvalue weighted by molar-refractivity contribution is 0.196. The highest BCUT2D eigenvalue weighted by atomic mass is 35.5. The molecule has 1 rings (SSSR count). The first-order valence-electron chi connectivity index (χ1n) is 4.91. The first-order chi connectivity index (χ1) is 7.99. The molecule has 96 valence electrons. The summed E-state index contributed by atoms with van der Waals surface area (Å²) in [6.07, 6.45) is 0.581. The molecule has 0 aliphatic rings. The Morgan fingerprint density at radius 2 is 1.88 bits per heavy atom. The summed E-state index contributed by atoms with van der Waals surface area (Å²) in [6, 6.07) is 4.56. The fourth-order valence-corrected chi connectivity index (χ4v) is 3.45. The van der Waals surface area contributed by atoms with Crippen LogP contribution in [0.5, 0.6) is 0 Å². The Labute approximate surface area is 111 Å². The molecule has 4 nitrogen and oxygen atoms in total. The monoisotopic (exact) mass is 297 g/mol. The highest BCUT2D eigenvalue weighted by Crippen LogP contribution is 2.28. The van der Waals surface area contributed by atoms with Crippen LogP contribution in [0.15, 0.2) is 23.1 Å². The second kappa shape index (κ2) is 6.56. The lowest BCUT2D eigenvalue weighted by atomic mass is 10.4. The molecule has 0 aromatic heterocycles. The summed E-state index contributed by atoms with van der Waals surface area (Å²) in [5.41, 5.74) is 0. The van der Waals surface area contributed by atoms with Crippen molar-refractivity contribution < 1.29 is 13.2 Å². The number of ether oxygens (including phenoxy) is 1. The van der Waals surface area contributed by atoms with E-state index in [0.717, 1.165) is 0 Å². The van der Waals surface area contributed by atoms with Crippen molar-refractivity contribution >= 4 is 33.2 Å². The van der Waals surface area contributed by atoms with Gasteiger partial charge >= 0.3 is 0 Å². The van der Waals surface area contributed by atoms with E-state index >= 15 is 0 Å². The lowest BCUT2D eigenvalue weighted by Gasteiger charge is -2.09. The minimum atomic E-state index is -3.67. The van der Waals surface area contributed by atoms with Crippen molar-refractivity contribution in [2.45, 2.75) is 11.3 Å². The molecule has 0 aliphatic heterocycles. The summed E-state index contributed by atoms with van der Waals surface area (Å²) in [5.74, 6) is 0. The lowest BCUT2D eigenvalue weighted by Crippen LogP contribution is -2.26. The first-order valence-corrected chi connectivity index (χ1v) is 7.15. The largest absolute Gasteiger partial charge is 0.385 e. The van der Waals surface area contributed by atoms with Gasteiger partial charge in [0, 0.05) is 20.3 Å². The van der Waals surface area contributed by atoms with Crippen LogP contribution in [0.25, 0.3) is 0 Å². The molecule has 0 radical (unpaired) electrons. The van der Waals surface area contributed by atoms with Crippen molar-refractivity contribution in [3.8, 4) is 0 Å². The summed E-state index contributed by atoms with van der Waals surface area (Å²) in [4.78, 5) is -0.0826. The zero-order valence-corrected chi connectivity index (χ0v) is 11.6. The number of halogens is 2. The molecule has 17 heavy (non-hydrogen) atoms. The summed E-state index contributed by atoms with van der Waals surface area (Å²) >= 11 is 11.7. The van der Waals surface area contributed by atoms with Gasteiger partial charge in [-0.05, 0) is 18.6 Å². The Bertz CT molecular complexity index is 456. The zero-order valence-electron chi connectivity index (χ0n) is 9.24. The van der Waals surface area contributed by atoms with Gasteiger partial charge in [0.25, 0.3) is 0 Å². The molecule has 0 atom stereocenters. The third-order valence-corrected chi connectivity index (χ3v) is 4.42. The highest BCUT2D eigenvalue weighted by molar-refractivity contribution is 7.89. The quantitative estimate of drug-likeness (QED) is 0.820. The van der Waals surface area contributed by atoms with Crippen molar-refractivity contribution in [1.29, 1.82) is 0 Å². The van der Waals surface area contributed by atoms with E-state index in [4.69, 9.17) is 27.9 Å². The number of benzene rings is 1. The third kappa shape index (κ3) is 4.12. The SMILES string of the molecule is COCCCNS(=O)(=O)c1c(Cl)cccc1Cl. The van der Waals surface area contributed by atoms with E-state index in [1.165, 1.54) is 12.1 Å². The van der Waals surface area contributed by atoms with E-state index in [0.29, 0.717) is 13.0 Å². The fraction of sp³-hybridized carbons (Fsp3) is 0.400. The summed E-state index contributed by atoms with van der Waals surface area (Å²) in [7, 11) is -2.12. The molecule has 1 aromatic carbocycles. The number of nitrogens with one attached hydrogen (secondary N) is 1. The van der Waals surface area contributed by atoms with Gasteiger partial charge in [0.15, 0.2) is 0 Å². The standard InChI is InChI=1S/C10H13Cl2NO3S/c1-16-7-3-6-13-17(14,15)10-8(11)4-2-5-9(10)12/h2,4-5,13H,3,6-7H2,1H3. The third-order valence-electron chi connectivity index (χ3n) is 2.00. The van der Waals surface area contributed by atoms with E-state index in [1.54, 1.807) is 13.2 Å². The molecular weight excluding hydrogens is 285 g/mol. The van der Waals surface area contributed by atoms with E-state index < -0.39 is 10.0 Å². The van der Waals surface area contributed by atoms with Gasteiger partial charge in [-0.15, -0.1) is 0 Å². The second-order valence-electron chi connectivity index (χ2n) is 3.29. The summed E-state index contributed by atoms with van der Waals surface area (Å²) < 4.78 is 31.1. The van der Waals surface area contributed by atoms with Crippen molar-refractivity contribution in [2.24, 2.45) is 0 Å². The molecule has 0 saturated carbocycles. The smallest absolute Gasteiger partial charge is 0.243 e. The van der Waals surface area contributed by atoms with Crippen LogP contribution in [0.2, 0.25) is 10.0 Å². The normalized spacial score (nSPS) is 11.7. The van der Waals surface area contributed by atoms with Crippen LogP contribution in [0, 0.1) is 0 Å². The molecule has 0 amide bonds. The molecular formula is C10H13Cl2NO3S. The average molecular weight is 298 g/mol. The van der Waals surface area contributed by atoms with E-state index in [-0.39, 0.29) is 21.5 Å². The summed E-state index contributed by atoms with van der Waals surface area (Å²) in [6.45, 7) is 0.760. The second-order valence-corrected chi connectivity index (χ2v) is 5.81. The summed E-state index contributed by atoms with van der Waals surface area (Å²) in [5, 5.41) is 0.216. The van der Waals surface area contributed by atoms with Crippen LogP contribution in [0.4, 0.5) is 0 Å². The van der Waals surface area contributed by atoms with E-state index in [2.05, 4.69) is 4.72 Å². The maximum atomic E-state index is 11.9. The number of rotatable bonds is 6. The van der Waals surface area contributed by atoms with Crippen molar-refractivity contribution in [2.75, 3.05) is 20.3 Å². The molecule has 7 heteroatoms. The molecule has 1 N–H and O–H groups in total. The Morgan fingerprint density at radius 3 is 2.41 bits per heavy atom. The van der Waals surface area contributed by atoms with Crippen molar-refractivity contribution in [3.63, 3.8) is 0 Å². The molecule has 0 aliphatic carbocycles. The predicted octanol–water partition coefficient (Wildman–Crippen LogP) is 2.31. The molecule has 0 unspecified atom stereocenters. The highest BCUT2D eigenvalue weighted by Gasteiger charge is 2.20. The minimum absolute atomic E-state index is 0.0826. The van der Waals surface area contributed by atoms with E-state index in [1.807, 2.05) is 0 Å². The molecule has 0 bridgehead atoms. The number of hydrogen-bond donors (Lipinski definition) is 1. The maximum absolute atomic E-state index is 11.9. The van der Waals surface area contributed by atoms with Crippen LogP contribution in [0.3, 0.4) is 0 Å². The molecule has 0 fully saturated rings. The van der Waals surface area contributed by atoms with Gasteiger partial charge in [0.1, 0.15) is 4.90 Å². The Kier molecular flexibility index (Phi) is 5.69. The topological polar surface area (TPSA) is 55.4 Å². The molecule has 1 aromatic rings. The number of hydrogen-bond acceptors (Lipinski definition) is 3. The van der Waals surface area contributed by atoms with Crippen molar-refractivity contribution in [3.05, 3.63) is 28.2 Å². The van der Waals surface area contributed by atoms with Crippen molar-refractivity contribution in [1.82, 2.24) is 4.72 Å². The zero-order chi connectivity index (χ0) is 12.9. The Balaban J connectivity index is 2.83. The number of sulfonamides is 1. The van der Waals surface area contributed by atoms with Gasteiger partial charge < -0.3 is 4.74 Å². The van der Waals surface area contributed by atoms with Crippen LogP contribution in [0.1, 0.15) is 6.42 Å².